The number of rotatable bonds is 14. The number of carbonyl (C=O) groups is 11. The summed E-state index contributed by atoms with van der Waals surface area (Å²) in [5.74, 6) is -12.0. The quantitative estimate of drug-likeness (QED) is 0.0494. The molecule has 0 radical (unpaired) electrons. The average Bonchev–Trinajstić information content (AvgIpc) is 3.27. The summed E-state index contributed by atoms with van der Waals surface area (Å²) in [5, 5.41) is 25.7. The van der Waals surface area contributed by atoms with Crippen molar-refractivity contribution >= 4 is 104 Å². The van der Waals surface area contributed by atoms with Crippen LogP contribution in [-0.4, -0.2) is 142 Å². The van der Waals surface area contributed by atoms with Crippen LogP contribution in [0.4, 0.5) is 0 Å². The van der Waals surface area contributed by atoms with Gasteiger partial charge in [0.1, 0.15) is 6.04 Å². The second-order valence-electron chi connectivity index (χ2n) is 16.6. The van der Waals surface area contributed by atoms with E-state index in [1.807, 2.05) is 0 Å². The first-order chi connectivity index (χ1) is 32.3. The van der Waals surface area contributed by atoms with Gasteiger partial charge in [0, 0.05) is 68.4 Å². The van der Waals surface area contributed by atoms with Crippen LogP contribution in [0.25, 0.3) is 0 Å². The molecule has 7 atom stereocenters. The standard InChI is InChI=1S/C44H63N9O12S3/c1-25(54)33-21-66-24-38(59)50-32(12-6-7-13-47-26(2)55)43(65)53-35-23-68-67-22-34(37(58)18-29(41(63)51-33)15-27-9-4-3-5-10-27)52-42(64)30(19-39(60)61)16-31(56)20-49-40(62)28(17-36(35)57)11-8-14-48-44(45)46/h3-5,9-10,28-30,32-35H,6-8,11-24H2,1-2H3,(H,47,55)(H,49,62)(H,50,59)(H,51,63)(H,52,64)(H,53,65)(H,60,61)(H4,45,46,48)/t28-,29-,30+,32+,33+,34+,35+/m1/s1. The number of nitrogens with two attached hydrogens (primary N) is 2. The number of carboxylic acids is 1. The number of nitrogens with zero attached hydrogens (tertiary/aromatic N) is 1. The number of carboxylic acid groups (broad SMARTS) is 1. The first kappa shape index (κ1) is 56.8. The van der Waals surface area contributed by atoms with Gasteiger partial charge in [-0.05, 0) is 51.0 Å². The predicted molar refractivity (Wildman–Crippen MR) is 258 cm³/mol. The van der Waals surface area contributed by atoms with Gasteiger partial charge in [0.2, 0.25) is 35.4 Å². The molecular formula is C44H63N9O12S3. The molecule has 0 unspecified atom stereocenters. The molecule has 68 heavy (non-hydrogen) atoms. The summed E-state index contributed by atoms with van der Waals surface area (Å²) in [5.41, 5.74) is 11.6. The van der Waals surface area contributed by atoms with Gasteiger partial charge in [0.15, 0.2) is 29.1 Å². The lowest BCUT2D eigenvalue weighted by Crippen LogP contribution is -2.53. The highest BCUT2D eigenvalue weighted by Gasteiger charge is 2.35. The molecule has 1 aromatic rings. The van der Waals surface area contributed by atoms with E-state index in [9.17, 15) is 57.8 Å². The zero-order chi connectivity index (χ0) is 50.2. The van der Waals surface area contributed by atoms with Crippen LogP contribution < -0.4 is 43.4 Å². The number of carbonyl (C=O) groups excluding carboxylic acids is 10. The number of guanidine groups is 1. The fraction of sp³-hybridized carbons (Fsp3) is 0.591. The highest BCUT2D eigenvalue weighted by atomic mass is 33.1. The lowest BCUT2D eigenvalue weighted by Gasteiger charge is -2.26. The first-order valence-corrected chi connectivity index (χ1v) is 25.9. The van der Waals surface area contributed by atoms with Crippen molar-refractivity contribution in [1.29, 1.82) is 0 Å². The Hall–Kier alpha value is -5.49. The minimum absolute atomic E-state index is 0.0496. The smallest absolute Gasteiger partial charge is 0.304 e. The zero-order valence-corrected chi connectivity index (χ0v) is 40.7. The summed E-state index contributed by atoms with van der Waals surface area (Å²) in [6, 6.07) is 3.89. The van der Waals surface area contributed by atoms with Gasteiger partial charge < -0.3 is 48.5 Å². The average molecular weight is 1010 g/mol. The zero-order valence-electron chi connectivity index (χ0n) is 38.2. The third kappa shape index (κ3) is 21.6. The van der Waals surface area contributed by atoms with Crippen LogP contribution in [0.5, 0.6) is 0 Å². The molecule has 11 N–H and O–H groups in total. The Kier molecular flexibility index (Phi) is 25.2. The Morgan fingerprint density at radius 1 is 0.735 bits per heavy atom. The van der Waals surface area contributed by atoms with E-state index in [0.717, 1.165) is 33.3 Å². The normalized spacial score (nSPS) is 24.6. The molecule has 2 aliphatic heterocycles. The van der Waals surface area contributed by atoms with Crippen molar-refractivity contribution in [3.63, 3.8) is 0 Å². The third-order valence-electron chi connectivity index (χ3n) is 10.9. The molecule has 0 aromatic heterocycles. The summed E-state index contributed by atoms with van der Waals surface area (Å²) in [4.78, 5) is 151. The first-order valence-electron chi connectivity index (χ1n) is 22.3. The Morgan fingerprint density at radius 3 is 1.99 bits per heavy atom. The van der Waals surface area contributed by atoms with Gasteiger partial charge in [-0.3, -0.25) is 57.7 Å². The minimum Gasteiger partial charge on any atom is -0.481 e. The van der Waals surface area contributed by atoms with Gasteiger partial charge in [0.05, 0.1) is 42.8 Å². The molecule has 0 aliphatic carbocycles. The number of aliphatic imine (C=N–C) groups is 1. The van der Waals surface area contributed by atoms with Crippen molar-refractivity contribution < 1.29 is 57.8 Å². The molecule has 3 rings (SSSR count). The maximum Gasteiger partial charge on any atom is 0.304 e. The van der Waals surface area contributed by atoms with Crippen molar-refractivity contribution in [2.75, 3.05) is 42.6 Å². The highest BCUT2D eigenvalue weighted by molar-refractivity contribution is 8.76. The SMILES string of the molecule is CC(=O)NCCCC[C@@H]1NC(=O)CSC[C@@H](C(C)=O)NC(=O)[C@H](Cc2ccccc2)CC(=O)[C@@H]2CSSC[C@H](NC1=O)C(=O)C[C@@H](CCCN=C(N)N)C(=O)NCC(=O)C[C@@H](CC(=O)O)C(=O)N2. The second-order valence-corrected chi connectivity index (χ2v) is 20.2. The molecule has 374 valence electrons. The van der Waals surface area contributed by atoms with Gasteiger partial charge in [0.25, 0.3) is 0 Å². The van der Waals surface area contributed by atoms with Gasteiger partial charge in [-0.1, -0.05) is 51.9 Å². The van der Waals surface area contributed by atoms with Crippen LogP contribution in [0, 0.1) is 17.8 Å². The number of unbranched alkanes of at least 4 members (excludes halogenated alkanes) is 1. The van der Waals surface area contributed by atoms with Gasteiger partial charge in [-0.25, -0.2) is 0 Å². The number of amides is 6. The fourth-order valence-corrected chi connectivity index (χ4v) is 10.6. The Balaban J connectivity index is 2.13. The molecule has 0 saturated carbocycles. The largest absolute Gasteiger partial charge is 0.481 e. The van der Waals surface area contributed by atoms with Gasteiger partial charge in [-0.2, -0.15) is 0 Å². The molecule has 24 heteroatoms. The van der Waals surface area contributed by atoms with E-state index in [-0.39, 0.29) is 67.1 Å². The van der Waals surface area contributed by atoms with E-state index < -0.39 is 133 Å². The highest BCUT2D eigenvalue weighted by Crippen LogP contribution is 2.27. The lowest BCUT2D eigenvalue weighted by atomic mass is 9.90. The minimum atomic E-state index is -1.47. The maximum absolute atomic E-state index is 14.4. The van der Waals surface area contributed by atoms with E-state index in [1.165, 1.54) is 13.8 Å². The summed E-state index contributed by atoms with van der Waals surface area (Å²) < 4.78 is 0. The fourth-order valence-electron chi connectivity index (χ4n) is 7.23. The number of thioether (sulfide) groups is 1. The molecule has 2 saturated heterocycles. The Bertz CT molecular complexity index is 2010. The molecule has 1 aromatic carbocycles. The monoisotopic (exact) mass is 1010 g/mol. The third-order valence-corrected chi connectivity index (χ3v) is 14.4. The number of hydrogen-bond acceptors (Lipinski definition) is 15. The van der Waals surface area contributed by atoms with E-state index in [4.69, 9.17) is 11.5 Å². The van der Waals surface area contributed by atoms with Crippen molar-refractivity contribution in [3.8, 4) is 0 Å². The molecule has 2 fully saturated rings. The molecular weight excluding hydrogens is 943 g/mol. The van der Waals surface area contributed by atoms with E-state index >= 15 is 0 Å². The van der Waals surface area contributed by atoms with Crippen molar-refractivity contribution in [1.82, 2.24) is 31.9 Å². The Morgan fingerprint density at radius 2 is 1.37 bits per heavy atom. The lowest BCUT2D eigenvalue weighted by molar-refractivity contribution is -0.142. The predicted octanol–water partition coefficient (Wildman–Crippen LogP) is -0.424. The Labute approximate surface area is 407 Å². The molecule has 6 amide bonds. The van der Waals surface area contributed by atoms with E-state index in [1.54, 1.807) is 30.3 Å². The number of ketones is 4. The summed E-state index contributed by atoms with van der Waals surface area (Å²) >= 11 is 1.01. The summed E-state index contributed by atoms with van der Waals surface area (Å²) in [6.07, 6.45) is -1.03. The second kappa shape index (κ2) is 30.1. The molecule has 2 heterocycles. The number of nitrogens with one attached hydrogen (secondary N) is 6. The molecule has 21 nitrogen and oxygen atoms in total. The number of Topliss-reactive ketones (excluding diaryl/α,β-unsaturated/α-hetero) is 4. The topological polar surface area (TPSA) is 345 Å². The summed E-state index contributed by atoms with van der Waals surface area (Å²) in [7, 11) is 2.08. The molecule has 2 bridgehead atoms. The van der Waals surface area contributed by atoms with Crippen LogP contribution in [0.15, 0.2) is 35.3 Å². The number of hydrogen-bond donors (Lipinski definition) is 9. The van der Waals surface area contributed by atoms with Crippen LogP contribution in [0.1, 0.15) is 77.2 Å². The summed E-state index contributed by atoms with van der Waals surface area (Å²) in [6.45, 7) is 2.40. The van der Waals surface area contributed by atoms with Crippen LogP contribution >= 0.6 is 33.3 Å². The molecule has 2 aliphatic rings. The maximum atomic E-state index is 14.4. The van der Waals surface area contributed by atoms with Crippen LogP contribution in [-0.2, 0) is 59.2 Å². The van der Waals surface area contributed by atoms with Gasteiger partial charge in [-0.15, -0.1) is 11.8 Å². The van der Waals surface area contributed by atoms with Gasteiger partial charge >= 0.3 is 5.97 Å². The van der Waals surface area contributed by atoms with Crippen molar-refractivity contribution in [2.24, 2.45) is 34.2 Å². The van der Waals surface area contributed by atoms with Crippen LogP contribution in [0.2, 0.25) is 0 Å². The van der Waals surface area contributed by atoms with E-state index in [2.05, 4.69) is 36.9 Å². The van der Waals surface area contributed by atoms with Crippen molar-refractivity contribution in [3.05, 3.63) is 35.9 Å². The van der Waals surface area contributed by atoms with Crippen LogP contribution in [0.3, 0.4) is 0 Å². The number of fused-ring (bicyclic) bond motifs is 5. The van der Waals surface area contributed by atoms with E-state index in [0.29, 0.717) is 24.9 Å². The number of benzene rings is 1. The number of aliphatic carboxylic acids is 1. The molecule has 0 spiro atoms. The van der Waals surface area contributed by atoms with Crippen molar-refractivity contribution in [2.45, 2.75) is 102 Å².